The number of aliphatic hydroxyl groups excluding tert-OH is 1. The summed E-state index contributed by atoms with van der Waals surface area (Å²) in [6.45, 7) is -1.32. The second-order valence-corrected chi connectivity index (χ2v) is 6.82. The van der Waals surface area contributed by atoms with Crippen LogP contribution < -0.4 is 0 Å². The van der Waals surface area contributed by atoms with Crippen LogP contribution in [0.1, 0.15) is 11.1 Å². The fraction of sp³-hybridized carbons (Fsp3) is 0.375. The van der Waals surface area contributed by atoms with Crippen LogP contribution in [0.15, 0.2) is 24.5 Å². The maximum absolute atomic E-state index is 13.1. The van der Waals surface area contributed by atoms with Crippen molar-refractivity contribution in [3.63, 3.8) is 0 Å². The molecule has 0 spiro atoms. The van der Waals surface area contributed by atoms with Crippen LogP contribution in [0.3, 0.4) is 0 Å². The summed E-state index contributed by atoms with van der Waals surface area (Å²) in [5.74, 6) is -3.38. The van der Waals surface area contributed by atoms with Crippen LogP contribution in [0.2, 0.25) is 5.02 Å². The van der Waals surface area contributed by atoms with E-state index in [1.165, 1.54) is 0 Å². The molecule has 3 rings (SSSR count). The van der Waals surface area contributed by atoms with Gasteiger partial charge >= 0.3 is 12.4 Å². The third-order valence-electron chi connectivity index (χ3n) is 4.10. The molecular formula is C16H11ClF8N4O. The zero-order chi connectivity index (χ0) is 22.5. The Balaban J connectivity index is 1.88. The average molecular weight is 463 g/mol. The van der Waals surface area contributed by atoms with E-state index >= 15 is 0 Å². The summed E-state index contributed by atoms with van der Waals surface area (Å²) in [7, 11) is 0. The highest BCUT2D eigenvalue weighted by Gasteiger charge is 2.46. The highest BCUT2D eigenvalue weighted by Crippen LogP contribution is 2.44. The first-order valence-electron chi connectivity index (χ1n) is 8.05. The second kappa shape index (κ2) is 7.46. The molecule has 2 aromatic rings. The fourth-order valence-corrected chi connectivity index (χ4v) is 2.99. The minimum absolute atomic E-state index is 0.387. The minimum Gasteiger partial charge on any atom is -0.375 e. The first kappa shape index (κ1) is 22.4. The van der Waals surface area contributed by atoms with Crippen molar-refractivity contribution in [3.05, 3.63) is 40.7 Å². The van der Waals surface area contributed by atoms with Crippen LogP contribution in [0, 0.1) is 0 Å². The fourth-order valence-electron chi connectivity index (χ4n) is 2.67. The van der Waals surface area contributed by atoms with E-state index in [1.54, 1.807) is 0 Å². The molecule has 2 heterocycles. The largest absolute Gasteiger partial charge is 0.417 e. The molecule has 30 heavy (non-hydrogen) atoms. The number of halogens is 9. The summed E-state index contributed by atoms with van der Waals surface area (Å²) in [6, 6.07) is 0.774. The van der Waals surface area contributed by atoms with Gasteiger partial charge in [0.25, 0.3) is 5.92 Å². The molecule has 1 aliphatic heterocycles. The summed E-state index contributed by atoms with van der Waals surface area (Å²) in [5, 5.41) is 12.0. The molecule has 164 valence electrons. The van der Waals surface area contributed by atoms with Gasteiger partial charge in [-0.2, -0.15) is 26.3 Å². The van der Waals surface area contributed by atoms with Crippen molar-refractivity contribution in [3.8, 4) is 11.4 Å². The van der Waals surface area contributed by atoms with Crippen LogP contribution >= 0.6 is 11.6 Å². The Morgan fingerprint density at radius 3 is 2.07 bits per heavy atom. The third kappa shape index (κ3) is 4.73. The van der Waals surface area contributed by atoms with E-state index in [1.807, 2.05) is 0 Å². The first-order valence-corrected chi connectivity index (χ1v) is 8.43. The van der Waals surface area contributed by atoms with Gasteiger partial charge in [0.1, 0.15) is 12.6 Å². The van der Waals surface area contributed by atoms with Crippen LogP contribution in [-0.2, 0) is 12.4 Å². The summed E-state index contributed by atoms with van der Waals surface area (Å²) in [4.78, 5) is 4.68. The Kier molecular flexibility index (Phi) is 5.58. The number of nitrogens with zero attached hydrogens (tertiary/aromatic N) is 4. The molecule has 0 bridgehead atoms. The molecule has 1 N–H and O–H groups in total. The molecule has 1 fully saturated rings. The molecular weight excluding hydrogens is 452 g/mol. The molecule has 0 radical (unpaired) electrons. The second-order valence-electron chi connectivity index (χ2n) is 6.45. The zero-order valence-electron chi connectivity index (χ0n) is 14.5. The maximum atomic E-state index is 13.1. The van der Waals surface area contributed by atoms with Crippen LogP contribution in [0.4, 0.5) is 35.1 Å². The highest BCUT2D eigenvalue weighted by molar-refractivity contribution is 6.32. The summed E-state index contributed by atoms with van der Waals surface area (Å²) in [5.41, 5.74) is -3.99. The van der Waals surface area contributed by atoms with Crippen molar-refractivity contribution < 1.29 is 40.2 Å². The smallest absolute Gasteiger partial charge is 0.375 e. The standard InChI is InChI=1S/C16H11ClF8N4O/c17-12-9(15(20,21)22)3-8(4-10(12)16(23,24)25)13-26-7-29(27-13)2-1-11(30)28-5-14(18,19)6-28/h1-4,7,11,30H,5-6H2/b2-1-. The van der Waals surface area contributed by atoms with Crippen LogP contribution in [0.25, 0.3) is 17.6 Å². The lowest BCUT2D eigenvalue weighted by molar-refractivity contribution is -0.171. The Bertz CT molecular complexity index is 926. The van der Waals surface area contributed by atoms with Gasteiger partial charge < -0.3 is 5.11 Å². The molecule has 0 amide bonds. The number of rotatable bonds is 4. The molecule has 1 saturated heterocycles. The number of benzene rings is 1. The maximum Gasteiger partial charge on any atom is 0.417 e. The van der Waals surface area contributed by atoms with E-state index < -0.39 is 65.1 Å². The van der Waals surface area contributed by atoms with E-state index in [9.17, 15) is 40.2 Å². The first-order chi connectivity index (χ1) is 13.7. The third-order valence-corrected chi connectivity index (χ3v) is 4.51. The quantitative estimate of drug-likeness (QED) is 0.685. The van der Waals surface area contributed by atoms with Gasteiger partial charge in [-0.3, -0.25) is 4.90 Å². The van der Waals surface area contributed by atoms with E-state index in [2.05, 4.69) is 10.1 Å². The number of aromatic nitrogens is 3. The van der Waals surface area contributed by atoms with E-state index in [0.29, 0.717) is 12.1 Å². The lowest BCUT2D eigenvalue weighted by Crippen LogP contribution is -2.59. The minimum atomic E-state index is -5.15. The molecule has 0 aliphatic carbocycles. The zero-order valence-corrected chi connectivity index (χ0v) is 15.3. The molecule has 1 unspecified atom stereocenters. The van der Waals surface area contributed by atoms with Gasteiger partial charge in [-0.25, -0.2) is 18.4 Å². The molecule has 14 heteroatoms. The molecule has 1 atom stereocenters. The van der Waals surface area contributed by atoms with Crippen molar-refractivity contribution in [2.24, 2.45) is 0 Å². The van der Waals surface area contributed by atoms with E-state index in [0.717, 1.165) is 28.2 Å². The highest BCUT2D eigenvalue weighted by atomic mass is 35.5. The normalized spacial score (nSPS) is 18.6. The average Bonchev–Trinajstić information content (AvgIpc) is 3.04. The van der Waals surface area contributed by atoms with Crippen molar-refractivity contribution >= 4 is 17.8 Å². The number of aliphatic hydroxyl groups is 1. The lowest BCUT2D eigenvalue weighted by Gasteiger charge is -2.40. The summed E-state index contributed by atoms with van der Waals surface area (Å²) >= 11 is 5.31. The Hall–Kier alpha value is -2.25. The van der Waals surface area contributed by atoms with Gasteiger partial charge in [0.2, 0.25) is 0 Å². The Morgan fingerprint density at radius 2 is 1.60 bits per heavy atom. The molecule has 5 nitrogen and oxygen atoms in total. The van der Waals surface area contributed by atoms with E-state index in [4.69, 9.17) is 11.6 Å². The summed E-state index contributed by atoms with van der Waals surface area (Å²) in [6.07, 6.45) is -8.61. The van der Waals surface area contributed by atoms with Gasteiger partial charge in [0, 0.05) is 11.8 Å². The monoisotopic (exact) mass is 462 g/mol. The van der Waals surface area contributed by atoms with Crippen molar-refractivity contribution in [2.45, 2.75) is 24.5 Å². The molecule has 0 saturated carbocycles. The van der Waals surface area contributed by atoms with Gasteiger partial charge in [0.15, 0.2) is 5.82 Å². The van der Waals surface area contributed by atoms with Crippen LogP contribution in [0.5, 0.6) is 0 Å². The number of hydrogen-bond acceptors (Lipinski definition) is 4. The van der Waals surface area contributed by atoms with Crippen molar-refractivity contribution in [2.75, 3.05) is 13.1 Å². The van der Waals surface area contributed by atoms with Crippen molar-refractivity contribution in [1.29, 1.82) is 0 Å². The van der Waals surface area contributed by atoms with Gasteiger partial charge in [-0.1, -0.05) is 11.6 Å². The van der Waals surface area contributed by atoms with Gasteiger partial charge in [0.05, 0.1) is 29.2 Å². The Morgan fingerprint density at radius 1 is 1.07 bits per heavy atom. The number of likely N-dealkylation sites (tertiary alicyclic amines) is 1. The lowest BCUT2D eigenvalue weighted by atomic mass is 10.0. The topological polar surface area (TPSA) is 54.2 Å². The number of hydrogen-bond donors (Lipinski definition) is 1. The molecule has 1 aromatic heterocycles. The SMILES string of the molecule is OC(/C=C\n1cnc(-c2cc(C(F)(F)F)c(Cl)c(C(F)(F)F)c2)n1)N1CC(F)(F)C1. The van der Waals surface area contributed by atoms with E-state index in [-0.39, 0.29) is 0 Å². The van der Waals surface area contributed by atoms with Gasteiger partial charge in [-0.05, 0) is 18.2 Å². The molecule has 1 aliphatic rings. The summed E-state index contributed by atoms with van der Waals surface area (Å²) < 4.78 is 105. The predicted molar refractivity (Wildman–Crippen MR) is 88.3 cm³/mol. The van der Waals surface area contributed by atoms with Crippen molar-refractivity contribution in [1.82, 2.24) is 19.7 Å². The Labute approximate surface area is 168 Å². The van der Waals surface area contributed by atoms with Crippen LogP contribution in [-0.4, -0.2) is 50.0 Å². The predicted octanol–water partition coefficient (Wildman–Crippen LogP) is 4.38. The van der Waals surface area contributed by atoms with Gasteiger partial charge in [-0.15, -0.1) is 5.10 Å². The molecule has 1 aromatic carbocycles. The number of alkyl halides is 8.